The lowest BCUT2D eigenvalue weighted by Crippen LogP contribution is -2.59. The van der Waals surface area contributed by atoms with Gasteiger partial charge < -0.3 is 4.90 Å². The summed E-state index contributed by atoms with van der Waals surface area (Å²) < 4.78 is 28.1. The number of rotatable bonds is 4. The van der Waals surface area contributed by atoms with Crippen molar-refractivity contribution in [3.8, 4) is 0 Å². The molecule has 2 aromatic rings. The van der Waals surface area contributed by atoms with Gasteiger partial charge in [0.05, 0.1) is 10.5 Å². The Balaban J connectivity index is 1.41. The largest absolute Gasteiger partial charge is 0.339 e. The monoisotopic (exact) mass is 390 g/mol. The molecule has 1 saturated carbocycles. The molecule has 4 rings (SSSR count). The van der Waals surface area contributed by atoms with Gasteiger partial charge in [-0.2, -0.15) is 11.3 Å². The van der Waals surface area contributed by atoms with E-state index in [2.05, 4.69) is 4.72 Å². The van der Waals surface area contributed by atoms with Crippen molar-refractivity contribution in [2.45, 2.75) is 36.6 Å². The molecule has 1 aliphatic carbocycles. The van der Waals surface area contributed by atoms with Gasteiger partial charge in [0.1, 0.15) is 0 Å². The van der Waals surface area contributed by atoms with Crippen LogP contribution in [0.2, 0.25) is 0 Å². The van der Waals surface area contributed by atoms with Crippen molar-refractivity contribution >= 4 is 27.3 Å². The number of carbonyl (C=O) groups excluding carboxylic acids is 1. The first-order valence-electron chi connectivity index (χ1n) is 8.89. The first kappa shape index (κ1) is 17.7. The molecular weight excluding hydrogens is 368 g/mol. The van der Waals surface area contributed by atoms with E-state index in [1.165, 1.54) is 11.3 Å². The molecule has 0 radical (unpaired) electrons. The number of likely N-dealkylation sites (tertiary alicyclic amines) is 1. The summed E-state index contributed by atoms with van der Waals surface area (Å²) >= 11 is 1.53. The molecule has 1 unspecified atom stereocenters. The third-order valence-corrected chi connectivity index (χ3v) is 8.01. The summed E-state index contributed by atoms with van der Waals surface area (Å²) in [6.07, 6.45) is 3.59. The maximum absolute atomic E-state index is 12.6. The summed E-state index contributed by atoms with van der Waals surface area (Å²) in [6, 6.07) is 10.3. The zero-order chi connectivity index (χ0) is 18.2. The van der Waals surface area contributed by atoms with Crippen LogP contribution in [0.5, 0.6) is 0 Å². The highest BCUT2D eigenvalue weighted by Gasteiger charge is 2.50. The van der Waals surface area contributed by atoms with Gasteiger partial charge in [0.25, 0.3) is 5.91 Å². The third kappa shape index (κ3) is 3.19. The first-order chi connectivity index (χ1) is 12.5. The lowest BCUT2D eigenvalue weighted by Gasteiger charge is -2.53. The van der Waals surface area contributed by atoms with Crippen molar-refractivity contribution < 1.29 is 13.2 Å². The van der Waals surface area contributed by atoms with E-state index in [-0.39, 0.29) is 17.4 Å². The number of benzene rings is 1. The number of hydrogen-bond donors (Lipinski definition) is 1. The SMILES string of the molecule is O=C(c1ccsc1)N1CCC2(CCC2NS(=O)(=O)c2ccccc2)CC1. The van der Waals surface area contributed by atoms with Crippen molar-refractivity contribution in [2.75, 3.05) is 13.1 Å². The summed E-state index contributed by atoms with van der Waals surface area (Å²) in [4.78, 5) is 14.7. The van der Waals surface area contributed by atoms with Gasteiger partial charge in [-0.3, -0.25) is 4.79 Å². The number of hydrogen-bond acceptors (Lipinski definition) is 4. The second-order valence-electron chi connectivity index (χ2n) is 7.19. The summed E-state index contributed by atoms with van der Waals surface area (Å²) in [5, 5.41) is 3.80. The topological polar surface area (TPSA) is 66.5 Å². The van der Waals surface area contributed by atoms with Crippen LogP contribution in [0.4, 0.5) is 0 Å². The fourth-order valence-corrected chi connectivity index (χ4v) is 6.08. The standard InChI is InChI=1S/C19H22N2O3S2/c22-18(15-7-13-25-14-15)21-11-9-19(10-12-21)8-6-17(19)20-26(23,24)16-4-2-1-3-5-16/h1-5,7,13-14,17,20H,6,8-12H2. The Morgan fingerprint density at radius 1 is 1.12 bits per heavy atom. The van der Waals surface area contributed by atoms with Gasteiger partial charge in [-0.15, -0.1) is 0 Å². The Labute approximate surface area is 158 Å². The number of nitrogens with one attached hydrogen (secondary N) is 1. The Bertz CT molecular complexity index is 871. The zero-order valence-electron chi connectivity index (χ0n) is 14.4. The van der Waals surface area contributed by atoms with E-state index in [0.29, 0.717) is 18.0 Å². The minimum Gasteiger partial charge on any atom is -0.339 e. The van der Waals surface area contributed by atoms with Crippen molar-refractivity contribution in [3.63, 3.8) is 0 Å². The van der Waals surface area contributed by atoms with E-state index in [0.717, 1.165) is 31.2 Å². The fourth-order valence-electron chi connectivity index (χ4n) is 4.06. The van der Waals surface area contributed by atoms with E-state index in [1.54, 1.807) is 24.3 Å². The Morgan fingerprint density at radius 2 is 1.85 bits per heavy atom. The Morgan fingerprint density at radius 3 is 2.42 bits per heavy atom. The number of nitrogens with zero attached hydrogens (tertiary/aromatic N) is 1. The molecule has 1 atom stereocenters. The van der Waals surface area contributed by atoms with Crippen LogP contribution in [0.25, 0.3) is 0 Å². The number of sulfonamides is 1. The van der Waals surface area contributed by atoms with Crippen LogP contribution in [0, 0.1) is 5.41 Å². The highest BCUT2D eigenvalue weighted by molar-refractivity contribution is 7.89. The van der Waals surface area contributed by atoms with Gasteiger partial charge in [-0.25, -0.2) is 13.1 Å². The van der Waals surface area contributed by atoms with Gasteiger partial charge in [0, 0.05) is 24.5 Å². The third-order valence-electron chi connectivity index (χ3n) is 5.84. The number of amides is 1. The first-order valence-corrected chi connectivity index (χ1v) is 11.3. The van der Waals surface area contributed by atoms with Gasteiger partial charge in [0.15, 0.2) is 0 Å². The molecule has 1 N–H and O–H groups in total. The van der Waals surface area contributed by atoms with Gasteiger partial charge in [-0.05, 0) is 54.7 Å². The second-order valence-corrected chi connectivity index (χ2v) is 9.69. The molecule has 138 valence electrons. The maximum Gasteiger partial charge on any atom is 0.254 e. The van der Waals surface area contributed by atoms with Gasteiger partial charge in [0.2, 0.25) is 10.0 Å². The van der Waals surface area contributed by atoms with E-state index < -0.39 is 10.0 Å². The smallest absolute Gasteiger partial charge is 0.254 e. The number of carbonyl (C=O) groups is 1. The van der Waals surface area contributed by atoms with Crippen molar-refractivity contribution in [1.82, 2.24) is 9.62 Å². The van der Waals surface area contributed by atoms with E-state index in [1.807, 2.05) is 27.8 Å². The molecule has 1 saturated heterocycles. The quantitative estimate of drug-likeness (QED) is 0.872. The van der Waals surface area contributed by atoms with Crippen LogP contribution in [0.3, 0.4) is 0 Å². The lowest BCUT2D eigenvalue weighted by molar-refractivity contribution is 0.00511. The van der Waals surface area contributed by atoms with Crippen LogP contribution in [-0.2, 0) is 10.0 Å². The van der Waals surface area contributed by atoms with Crippen LogP contribution in [0.1, 0.15) is 36.0 Å². The van der Waals surface area contributed by atoms with Crippen molar-refractivity contribution in [3.05, 3.63) is 52.7 Å². The number of thiophene rings is 1. The predicted molar refractivity (Wildman–Crippen MR) is 102 cm³/mol. The van der Waals surface area contributed by atoms with E-state index >= 15 is 0 Å². The molecule has 5 nitrogen and oxygen atoms in total. The highest BCUT2D eigenvalue weighted by Crippen LogP contribution is 2.49. The molecule has 2 aliphatic rings. The molecule has 1 aromatic carbocycles. The highest BCUT2D eigenvalue weighted by atomic mass is 32.2. The summed E-state index contributed by atoms with van der Waals surface area (Å²) in [6.45, 7) is 1.39. The van der Waals surface area contributed by atoms with Gasteiger partial charge in [-0.1, -0.05) is 18.2 Å². The predicted octanol–water partition coefficient (Wildman–Crippen LogP) is 3.11. The molecule has 2 fully saturated rings. The second kappa shape index (κ2) is 6.79. The molecule has 1 spiro atoms. The molecule has 1 amide bonds. The normalized spacial score (nSPS) is 22.2. The molecule has 1 aromatic heterocycles. The summed E-state index contributed by atoms with van der Waals surface area (Å²) in [5.74, 6) is 0.0850. The lowest BCUT2D eigenvalue weighted by atomic mass is 9.59. The molecule has 7 heteroatoms. The average Bonchev–Trinajstić information content (AvgIpc) is 3.20. The molecular formula is C19H22N2O3S2. The Hall–Kier alpha value is -1.70. The Kier molecular flexibility index (Phi) is 4.62. The summed E-state index contributed by atoms with van der Waals surface area (Å²) in [7, 11) is -3.49. The van der Waals surface area contributed by atoms with Crippen LogP contribution < -0.4 is 4.72 Å². The van der Waals surface area contributed by atoms with E-state index in [4.69, 9.17) is 0 Å². The molecule has 26 heavy (non-hydrogen) atoms. The van der Waals surface area contributed by atoms with Crippen LogP contribution in [-0.4, -0.2) is 38.4 Å². The summed E-state index contributed by atoms with van der Waals surface area (Å²) in [5.41, 5.74) is 0.744. The fraction of sp³-hybridized carbons (Fsp3) is 0.421. The number of piperidine rings is 1. The zero-order valence-corrected chi connectivity index (χ0v) is 16.1. The minimum absolute atomic E-state index is 0.00667. The molecule has 2 heterocycles. The molecule has 0 bridgehead atoms. The molecule has 1 aliphatic heterocycles. The van der Waals surface area contributed by atoms with Crippen molar-refractivity contribution in [2.24, 2.45) is 5.41 Å². The van der Waals surface area contributed by atoms with Crippen LogP contribution >= 0.6 is 11.3 Å². The van der Waals surface area contributed by atoms with E-state index in [9.17, 15) is 13.2 Å². The van der Waals surface area contributed by atoms with Crippen molar-refractivity contribution in [1.29, 1.82) is 0 Å². The average molecular weight is 391 g/mol. The van der Waals surface area contributed by atoms with Gasteiger partial charge >= 0.3 is 0 Å². The van der Waals surface area contributed by atoms with Crippen LogP contribution in [0.15, 0.2) is 52.1 Å². The minimum atomic E-state index is -3.49. The maximum atomic E-state index is 12.6.